The van der Waals surface area contributed by atoms with Gasteiger partial charge >= 0.3 is 6.09 Å². The highest BCUT2D eigenvalue weighted by molar-refractivity contribution is 7.10. The molecule has 0 unspecified atom stereocenters. The van der Waals surface area contributed by atoms with Crippen LogP contribution in [-0.2, 0) is 11.3 Å². The molecule has 0 aliphatic carbocycles. The highest BCUT2D eigenvalue weighted by atomic mass is 32.1. The number of nitrogens with one attached hydrogen (secondary N) is 2. The summed E-state index contributed by atoms with van der Waals surface area (Å²) in [5.74, 6) is 0.961. The fourth-order valence-electron chi connectivity index (χ4n) is 3.73. The first-order valence-corrected chi connectivity index (χ1v) is 10.8. The molecular weight excluding hydrogens is 416 g/mol. The molecule has 31 heavy (non-hydrogen) atoms. The number of aryl methyl sites for hydroxylation is 1. The molecule has 1 aliphatic rings. The van der Waals surface area contributed by atoms with Gasteiger partial charge in [0.25, 0.3) is 0 Å². The minimum Gasteiger partial charge on any atom is -0.447 e. The maximum absolute atomic E-state index is 12.1. The van der Waals surface area contributed by atoms with Crippen LogP contribution in [0.25, 0.3) is 16.9 Å². The molecule has 4 aromatic rings. The average Bonchev–Trinajstić information content (AvgIpc) is 3.50. The van der Waals surface area contributed by atoms with E-state index in [2.05, 4.69) is 43.7 Å². The Kier molecular flexibility index (Phi) is 4.81. The summed E-state index contributed by atoms with van der Waals surface area (Å²) in [6.45, 7) is 6.96. The molecule has 5 rings (SSSR count). The van der Waals surface area contributed by atoms with Crippen molar-refractivity contribution in [2.75, 3.05) is 11.9 Å². The molecule has 160 valence electrons. The standard InChI is InChI=1S/C20H22N8O2S/c1-11(2)16-10-30-20(29)28(16)9-14-4-17(31-26-14)25-18-19-21-7-15(13-5-22-23-6-13)27(19)8-12(3)24-18/h4-8,11,16H,9-10H2,1-3H3,(H,22,23)(H,24,25)/t16-/m0/s1. The quantitative estimate of drug-likeness (QED) is 0.473. The van der Waals surface area contributed by atoms with Gasteiger partial charge in [0.2, 0.25) is 0 Å². The summed E-state index contributed by atoms with van der Waals surface area (Å²) in [5, 5.41) is 11.0. The van der Waals surface area contributed by atoms with Crippen molar-refractivity contribution in [3.05, 3.63) is 42.2 Å². The number of hydrogen-bond donors (Lipinski definition) is 2. The maximum atomic E-state index is 12.1. The Balaban J connectivity index is 1.40. The summed E-state index contributed by atoms with van der Waals surface area (Å²) < 4.78 is 11.7. The molecule has 2 N–H and O–H groups in total. The Morgan fingerprint density at radius 2 is 2.26 bits per heavy atom. The van der Waals surface area contributed by atoms with Crippen molar-refractivity contribution in [3.8, 4) is 11.3 Å². The third kappa shape index (κ3) is 3.61. The first kappa shape index (κ1) is 19.5. The first-order chi connectivity index (χ1) is 15.0. The van der Waals surface area contributed by atoms with Crippen LogP contribution in [0.2, 0.25) is 0 Å². The number of cyclic esters (lactones) is 1. The second-order valence-electron chi connectivity index (χ2n) is 7.88. The van der Waals surface area contributed by atoms with Crippen LogP contribution in [0.5, 0.6) is 0 Å². The summed E-state index contributed by atoms with van der Waals surface area (Å²) in [5.41, 5.74) is 4.24. The van der Waals surface area contributed by atoms with Crippen LogP contribution in [0.4, 0.5) is 15.6 Å². The van der Waals surface area contributed by atoms with Gasteiger partial charge in [0.05, 0.1) is 42.1 Å². The third-order valence-electron chi connectivity index (χ3n) is 5.32. The van der Waals surface area contributed by atoms with E-state index in [9.17, 15) is 4.79 Å². The van der Waals surface area contributed by atoms with Crippen LogP contribution >= 0.6 is 11.5 Å². The van der Waals surface area contributed by atoms with Gasteiger partial charge in [-0.25, -0.2) is 14.8 Å². The molecule has 0 spiro atoms. The molecule has 11 heteroatoms. The van der Waals surface area contributed by atoms with Gasteiger partial charge in [0.15, 0.2) is 11.5 Å². The van der Waals surface area contributed by atoms with E-state index in [4.69, 9.17) is 4.74 Å². The number of aromatic nitrogens is 6. The number of rotatable bonds is 6. The van der Waals surface area contributed by atoms with Crippen LogP contribution in [0.15, 0.2) is 30.9 Å². The number of carbonyl (C=O) groups is 1. The molecule has 0 saturated carbocycles. The van der Waals surface area contributed by atoms with E-state index in [0.29, 0.717) is 30.5 Å². The third-order valence-corrected chi connectivity index (χ3v) is 6.06. The van der Waals surface area contributed by atoms with Gasteiger partial charge < -0.3 is 10.1 Å². The van der Waals surface area contributed by atoms with Crippen LogP contribution in [0.1, 0.15) is 25.2 Å². The van der Waals surface area contributed by atoms with E-state index in [1.807, 2.05) is 29.8 Å². The monoisotopic (exact) mass is 438 g/mol. The van der Waals surface area contributed by atoms with Crippen molar-refractivity contribution in [2.45, 2.75) is 33.4 Å². The number of hydrogen-bond acceptors (Lipinski definition) is 8. The summed E-state index contributed by atoms with van der Waals surface area (Å²) >= 11 is 1.33. The Morgan fingerprint density at radius 1 is 1.39 bits per heavy atom. The van der Waals surface area contributed by atoms with Crippen molar-refractivity contribution >= 4 is 34.1 Å². The second kappa shape index (κ2) is 7.65. The molecule has 1 amide bonds. The molecule has 0 radical (unpaired) electrons. The second-order valence-corrected chi connectivity index (χ2v) is 8.68. The number of ether oxygens (including phenoxy) is 1. The minimum atomic E-state index is -0.285. The lowest BCUT2D eigenvalue weighted by atomic mass is 10.0. The molecule has 1 fully saturated rings. The molecule has 4 aromatic heterocycles. The van der Waals surface area contributed by atoms with Gasteiger partial charge in [0, 0.05) is 18.0 Å². The number of fused-ring (bicyclic) bond motifs is 1. The smallest absolute Gasteiger partial charge is 0.410 e. The number of imidazole rings is 1. The Morgan fingerprint density at radius 3 is 3.03 bits per heavy atom. The molecule has 1 atom stereocenters. The molecule has 5 heterocycles. The van der Waals surface area contributed by atoms with Gasteiger partial charge in [-0.1, -0.05) is 13.8 Å². The lowest BCUT2D eigenvalue weighted by Gasteiger charge is -2.23. The van der Waals surface area contributed by atoms with Gasteiger partial charge in [-0.05, 0) is 30.4 Å². The number of amides is 1. The number of aromatic amines is 1. The van der Waals surface area contributed by atoms with Crippen LogP contribution in [0.3, 0.4) is 0 Å². The molecule has 0 bridgehead atoms. The van der Waals surface area contributed by atoms with Crippen LogP contribution in [0, 0.1) is 12.8 Å². The van der Waals surface area contributed by atoms with Crippen LogP contribution < -0.4 is 5.32 Å². The maximum Gasteiger partial charge on any atom is 0.410 e. The fourth-order valence-corrected chi connectivity index (χ4v) is 4.39. The van der Waals surface area contributed by atoms with Gasteiger partial charge in [0.1, 0.15) is 11.6 Å². The van der Waals surface area contributed by atoms with Crippen molar-refractivity contribution in [3.63, 3.8) is 0 Å². The lowest BCUT2D eigenvalue weighted by Crippen LogP contribution is -2.36. The van der Waals surface area contributed by atoms with E-state index in [1.165, 1.54) is 11.5 Å². The minimum absolute atomic E-state index is 0.0648. The highest BCUT2D eigenvalue weighted by Gasteiger charge is 2.35. The molecule has 0 aromatic carbocycles. The zero-order valence-corrected chi connectivity index (χ0v) is 18.2. The summed E-state index contributed by atoms with van der Waals surface area (Å²) in [6, 6.07) is 2.00. The van der Waals surface area contributed by atoms with E-state index in [0.717, 1.165) is 27.6 Å². The highest BCUT2D eigenvalue weighted by Crippen LogP contribution is 2.29. The number of anilines is 2. The van der Waals surface area contributed by atoms with E-state index in [-0.39, 0.29) is 12.1 Å². The van der Waals surface area contributed by atoms with Crippen molar-refractivity contribution in [1.29, 1.82) is 0 Å². The van der Waals surface area contributed by atoms with E-state index in [1.54, 1.807) is 17.3 Å². The SMILES string of the molecule is Cc1cn2c(-c3cn[nH]c3)cnc2c(Nc2cc(CN3C(=O)OC[C@H]3C(C)C)ns2)n1. The van der Waals surface area contributed by atoms with Gasteiger partial charge in [-0.3, -0.25) is 14.4 Å². The lowest BCUT2D eigenvalue weighted by molar-refractivity contribution is 0.154. The van der Waals surface area contributed by atoms with Gasteiger partial charge in [-0.2, -0.15) is 9.47 Å². The normalized spacial score (nSPS) is 16.5. The van der Waals surface area contributed by atoms with E-state index >= 15 is 0 Å². The predicted octanol–water partition coefficient (Wildman–Crippen LogP) is 3.60. The van der Waals surface area contributed by atoms with E-state index < -0.39 is 0 Å². The zero-order chi connectivity index (χ0) is 21.5. The zero-order valence-electron chi connectivity index (χ0n) is 17.4. The predicted molar refractivity (Wildman–Crippen MR) is 116 cm³/mol. The summed E-state index contributed by atoms with van der Waals surface area (Å²) in [7, 11) is 0. The molecular formula is C20H22N8O2S. The van der Waals surface area contributed by atoms with Crippen LogP contribution in [-0.4, -0.2) is 52.6 Å². The largest absolute Gasteiger partial charge is 0.447 e. The molecule has 1 aliphatic heterocycles. The fraction of sp³-hybridized carbons (Fsp3) is 0.350. The average molecular weight is 439 g/mol. The molecule has 1 saturated heterocycles. The topological polar surface area (TPSA) is 113 Å². The number of carbonyl (C=O) groups excluding carboxylic acids is 1. The number of nitrogens with zero attached hydrogens (tertiary/aromatic N) is 6. The van der Waals surface area contributed by atoms with Crippen molar-refractivity contribution in [2.24, 2.45) is 5.92 Å². The van der Waals surface area contributed by atoms with Crippen molar-refractivity contribution < 1.29 is 9.53 Å². The Hall–Kier alpha value is -3.47. The Bertz CT molecular complexity index is 1230. The first-order valence-electron chi connectivity index (χ1n) is 9.99. The summed E-state index contributed by atoms with van der Waals surface area (Å²) in [6.07, 6.45) is 7.05. The number of H-pyrrole nitrogens is 1. The Labute approximate surface area is 182 Å². The van der Waals surface area contributed by atoms with Crippen molar-refractivity contribution in [1.82, 2.24) is 33.8 Å². The molecule has 10 nitrogen and oxygen atoms in total. The van der Waals surface area contributed by atoms with Gasteiger partial charge in [-0.15, -0.1) is 0 Å². The summed E-state index contributed by atoms with van der Waals surface area (Å²) in [4.78, 5) is 23.0.